The summed E-state index contributed by atoms with van der Waals surface area (Å²) in [6.07, 6.45) is 4.49. The van der Waals surface area contributed by atoms with Crippen molar-refractivity contribution in [2.24, 2.45) is 0 Å². The van der Waals surface area contributed by atoms with Crippen molar-refractivity contribution in [3.8, 4) is 0 Å². The van der Waals surface area contributed by atoms with E-state index in [0.717, 1.165) is 25.7 Å². The van der Waals surface area contributed by atoms with Gasteiger partial charge in [-0.05, 0) is 25.7 Å². The highest BCUT2D eigenvalue weighted by atomic mass is 35.5. The van der Waals surface area contributed by atoms with Crippen molar-refractivity contribution in [3.05, 3.63) is 0 Å². The maximum absolute atomic E-state index is 11.7. The molecule has 1 aliphatic rings. The number of hydrogen-bond acceptors (Lipinski definition) is 2. The van der Waals surface area contributed by atoms with Crippen LogP contribution in [-0.4, -0.2) is 30.5 Å². The maximum Gasteiger partial charge on any atom is 0.223 e. The molecule has 4 heteroatoms. The highest BCUT2D eigenvalue weighted by Gasteiger charge is 2.39. The van der Waals surface area contributed by atoms with Gasteiger partial charge in [-0.1, -0.05) is 6.92 Å². The van der Waals surface area contributed by atoms with E-state index in [1.165, 1.54) is 0 Å². The van der Waals surface area contributed by atoms with Gasteiger partial charge in [-0.25, -0.2) is 0 Å². The highest BCUT2D eigenvalue weighted by molar-refractivity contribution is 6.18. The average molecular weight is 234 g/mol. The third-order valence-electron chi connectivity index (χ3n) is 3.22. The fourth-order valence-corrected chi connectivity index (χ4v) is 2.14. The molecule has 1 amide bonds. The first-order valence-electron chi connectivity index (χ1n) is 5.56. The van der Waals surface area contributed by atoms with Crippen LogP contribution in [0.2, 0.25) is 0 Å². The summed E-state index contributed by atoms with van der Waals surface area (Å²) < 4.78 is 5.40. The fourth-order valence-electron chi connectivity index (χ4n) is 1.85. The second-order valence-corrected chi connectivity index (χ2v) is 4.55. The highest BCUT2D eigenvalue weighted by Crippen LogP contribution is 2.37. The summed E-state index contributed by atoms with van der Waals surface area (Å²) in [6.45, 7) is 2.02. The Kier molecular flexibility index (Phi) is 4.87. The molecule has 0 bridgehead atoms. The molecule has 1 saturated carbocycles. The van der Waals surface area contributed by atoms with E-state index in [4.69, 9.17) is 16.3 Å². The normalized spacial score (nSPS) is 20.5. The number of rotatable bonds is 6. The number of nitrogens with one attached hydrogen (secondary N) is 1. The largest absolute Gasteiger partial charge is 0.378 e. The second-order valence-electron chi connectivity index (χ2n) is 4.24. The smallest absolute Gasteiger partial charge is 0.223 e. The molecule has 1 fully saturated rings. The number of carbonyl (C=O) groups is 1. The molecule has 0 heterocycles. The van der Waals surface area contributed by atoms with Crippen LogP contribution in [-0.2, 0) is 9.53 Å². The molecule has 0 spiro atoms. The molecule has 1 aliphatic carbocycles. The molecule has 1 atom stereocenters. The Morgan fingerprint density at radius 2 is 2.27 bits per heavy atom. The maximum atomic E-state index is 11.7. The number of amides is 1. The van der Waals surface area contributed by atoms with Crippen molar-refractivity contribution >= 4 is 17.5 Å². The fraction of sp³-hybridized carbons (Fsp3) is 0.909. The minimum atomic E-state index is -0.186. The molecule has 0 aliphatic heterocycles. The van der Waals surface area contributed by atoms with Gasteiger partial charge in [-0.15, -0.1) is 11.6 Å². The third-order valence-corrected chi connectivity index (χ3v) is 3.60. The van der Waals surface area contributed by atoms with E-state index in [-0.39, 0.29) is 17.6 Å². The molecule has 0 radical (unpaired) electrons. The van der Waals surface area contributed by atoms with Crippen molar-refractivity contribution in [2.75, 3.05) is 13.0 Å². The summed E-state index contributed by atoms with van der Waals surface area (Å²) in [5.41, 5.74) is -0.186. The molecular weight excluding hydrogens is 214 g/mol. The van der Waals surface area contributed by atoms with Crippen LogP contribution >= 0.6 is 11.6 Å². The van der Waals surface area contributed by atoms with Crippen LogP contribution in [0.5, 0.6) is 0 Å². The topological polar surface area (TPSA) is 38.3 Å². The summed E-state index contributed by atoms with van der Waals surface area (Å²) >= 11 is 5.72. The first kappa shape index (κ1) is 12.8. The van der Waals surface area contributed by atoms with Gasteiger partial charge in [0.2, 0.25) is 5.91 Å². The second kappa shape index (κ2) is 5.71. The monoisotopic (exact) mass is 233 g/mol. The zero-order chi connectivity index (χ0) is 11.3. The van der Waals surface area contributed by atoms with Crippen molar-refractivity contribution in [3.63, 3.8) is 0 Å². The van der Waals surface area contributed by atoms with Gasteiger partial charge in [0, 0.05) is 19.0 Å². The summed E-state index contributed by atoms with van der Waals surface area (Å²) in [7, 11) is 1.69. The Labute approximate surface area is 96.5 Å². The molecule has 1 N–H and O–H groups in total. The Balaban J connectivity index is 2.34. The Morgan fingerprint density at radius 1 is 1.60 bits per heavy atom. The van der Waals surface area contributed by atoms with Gasteiger partial charge in [-0.3, -0.25) is 4.79 Å². The Morgan fingerprint density at radius 3 is 2.60 bits per heavy atom. The van der Waals surface area contributed by atoms with Crippen LogP contribution in [0.15, 0.2) is 0 Å². The zero-order valence-electron chi connectivity index (χ0n) is 9.51. The van der Waals surface area contributed by atoms with Gasteiger partial charge >= 0.3 is 0 Å². The lowest BCUT2D eigenvalue weighted by atomic mass is 9.77. The SMILES string of the molecule is CCC(CCl)NC(=O)CC1(OC)CCC1. The molecule has 0 saturated heterocycles. The molecule has 1 rings (SSSR count). The molecule has 0 aromatic heterocycles. The van der Waals surface area contributed by atoms with Crippen molar-refractivity contribution in [1.29, 1.82) is 0 Å². The predicted octanol–water partition coefficient (Wildman–Crippen LogP) is 2.08. The molecule has 15 heavy (non-hydrogen) atoms. The number of carbonyl (C=O) groups excluding carboxylic acids is 1. The van der Waals surface area contributed by atoms with Gasteiger partial charge in [-0.2, -0.15) is 0 Å². The van der Waals surface area contributed by atoms with E-state index in [2.05, 4.69) is 5.32 Å². The molecule has 0 aromatic carbocycles. The zero-order valence-corrected chi connectivity index (χ0v) is 10.3. The molecule has 1 unspecified atom stereocenters. The third kappa shape index (κ3) is 3.35. The van der Waals surface area contributed by atoms with Crippen molar-refractivity contribution in [1.82, 2.24) is 5.32 Å². The lowest BCUT2D eigenvalue weighted by molar-refractivity contribution is -0.134. The summed E-state index contributed by atoms with van der Waals surface area (Å²) in [5.74, 6) is 0.534. The first-order chi connectivity index (χ1) is 7.15. The number of halogens is 1. The summed E-state index contributed by atoms with van der Waals surface area (Å²) in [5, 5.41) is 2.92. The molecule has 88 valence electrons. The average Bonchev–Trinajstić information content (AvgIpc) is 2.20. The first-order valence-corrected chi connectivity index (χ1v) is 6.09. The van der Waals surface area contributed by atoms with E-state index in [9.17, 15) is 4.79 Å². The van der Waals surface area contributed by atoms with Gasteiger partial charge in [0.25, 0.3) is 0 Å². The van der Waals surface area contributed by atoms with Crippen LogP contribution in [0.1, 0.15) is 39.0 Å². The van der Waals surface area contributed by atoms with Crippen LogP contribution in [0.4, 0.5) is 0 Å². The van der Waals surface area contributed by atoms with Crippen LogP contribution < -0.4 is 5.32 Å². The van der Waals surface area contributed by atoms with Crippen molar-refractivity contribution in [2.45, 2.75) is 50.7 Å². The minimum Gasteiger partial charge on any atom is -0.378 e. The van der Waals surface area contributed by atoms with Gasteiger partial charge < -0.3 is 10.1 Å². The quantitative estimate of drug-likeness (QED) is 0.714. The van der Waals surface area contributed by atoms with Gasteiger partial charge in [0.15, 0.2) is 0 Å². The van der Waals surface area contributed by atoms with E-state index in [0.29, 0.717) is 12.3 Å². The summed E-state index contributed by atoms with van der Waals surface area (Å²) in [4.78, 5) is 11.7. The Hall–Kier alpha value is -0.280. The van der Waals surface area contributed by atoms with E-state index >= 15 is 0 Å². The Bertz CT molecular complexity index is 207. The lowest BCUT2D eigenvalue weighted by Gasteiger charge is -2.40. The molecule has 0 aromatic rings. The van der Waals surface area contributed by atoms with Crippen molar-refractivity contribution < 1.29 is 9.53 Å². The van der Waals surface area contributed by atoms with Crippen LogP contribution in [0, 0.1) is 0 Å². The number of alkyl halides is 1. The van der Waals surface area contributed by atoms with Gasteiger partial charge in [0.1, 0.15) is 0 Å². The van der Waals surface area contributed by atoms with E-state index in [1.807, 2.05) is 6.92 Å². The lowest BCUT2D eigenvalue weighted by Crippen LogP contribution is -2.46. The predicted molar refractivity (Wildman–Crippen MR) is 61.1 cm³/mol. The molecule has 3 nitrogen and oxygen atoms in total. The van der Waals surface area contributed by atoms with E-state index < -0.39 is 0 Å². The van der Waals surface area contributed by atoms with Crippen LogP contribution in [0.25, 0.3) is 0 Å². The number of ether oxygens (including phenoxy) is 1. The standard InChI is InChI=1S/C11H20ClNO2/c1-3-9(8-12)13-10(14)7-11(15-2)5-4-6-11/h9H,3-8H2,1-2H3,(H,13,14). The molecular formula is C11H20ClNO2. The van der Waals surface area contributed by atoms with Crippen LogP contribution in [0.3, 0.4) is 0 Å². The number of hydrogen-bond donors (Lipinski definition) is 1. The van der Waals surface area contributed by atoms with E-state index in [1.54, 1.807) is 7.11 Å². The minimum absolute atomic E-state index is 0.0593. The van der Waals surface area contributed by atoms with Gasteiger partial charge in [0.05, 0.1) is 12.0 Å². The number of methoxy groups -OCH3 is 1. The summed E-state index contributed by atoms with van der Waals surface area (Å²) in [6, 6.07) is 0.0909.